The summed E-state index contributed by atoms with van der Waals surface area (Å²) < 4.78 is 15.8. The van der Waals surface area contributed by atoms with E-state index in [1.807, 2.05) is 6.92 Å². The van der Waals surface area contributed by atoms with Crippen LogP contribution >= 0.6 is 0 Å². The molecular formula is C18H19FN4O2. The van der Waals surface area contributed by atoms with Gasteiger partial charge in [0, 0.05) is 23.4 Å². The topological polar surface area (TPSA) is 83.8 Å². The smallest absolute Gasteiger partial charge is 0.253 e. The number of aliphatic hydroxyl groups is 1. The van der Waals surface area contributed by atoms with E-state index in [0.29, 0.717) is 23.6 Å². The van der Waals surface area contributed by atoms with E-state index in [4.69, 9.17) is 0 Å². The molecule has 0 amide bonds. The maximum absolute atomic E-state index is 14.4. The molecule has 2 heterocycles. The second-order valence-corrected chi connectivity index (χ2v) is 6.10. The molecular weight excluding hydrogens is 323 g/mol. The Kier molecular flexibility index (Phi) is 4.26. The van der Waals surface area contributed by atoms with Crippen molar-refractivity contribution in [3.63, 3.8) is 0 Å². The summed E-state index contributed by atoms with van der Waals surface area (Å²) in [5.41, 5.74) is -0.441. The van der Waals surface area contributed by atoms with E-state index in [-0.39, 0.29) is 11.1 Å². The summed E-state index contributed by atoms with van der Waals surface area (Å²) in [4.78, 5) is 18.3. The Labute approximate surface area is 144 Å². The van der Waals surface area contributed by atoms with Crippen LogP contribution in [0.5, 0.6) is 0 Å². The lowest BCUT2D eigenvalue weighted by Gasteiger charge is -2.23. The molecule has 0 aliphatic carbocycles. The zero-order valence-electron chi connectivity index (χ0n) is 14.2. The number of halogens is 1. The van der Waals surface area contributed by atoms with Gasteiger partial charge in [0.05, 0.1) is 6.20 Å². The molecule has 0 spiro atoms. The Morgan fingerprint density at radius 1 is 1.36 bits per heavy atom. The molecule has 0 saturated carbocycles. The highest BCUT2D eigenvalue weighted by Gasteiger charge is 2.30. The van der Waals surface area contributed by atoms with Crippen molar-refractivity contribution in [1.29, 1.82) is 0 Å². The molecule has 25 heavy (non-hydrogen) atoms. The molecule has 0 saturated heterocycles. The van der Waals surface area contributed by atoms with Gasteiger partial charge in [0.2, 0.25) is 0 Å². The summed E-state index contributed by atoms with van der Waals surface area (Å²) in [7, 11) is 0. The fraction of sp³-hybridized carbons (Fsp3) is 0.278. The van der Waals surface area contributed by atoms with Crippen molar-refractivity contribution in [2.24, 2.45) is 0 Å². The van der Waals surface area contributed by atoms with Crippen molar-refractivity contribution in [1.82, 2.24) is 19.7 Å². The highest BCUT2D eigenvalue weighted by atomic mass is 19.1. The molecule has 3 aromatic rings. The number of H-pyrrole nitrogens is 1. The maximum Gasteiger partial charge on any atom is 0.253 e. The van der Waals surface area contributed by atoms with Crippen molar-refractivity contribution in [2.75, 3.05) is 0 Å². The molecule has 0 aliphatic heterocycles. The lowest BCUT2D eigenvalue weighted by atomic mass is 9.89. The lowest BCUT2D eigenvalue weighted by molar-refractivity contribution is 0.0979. The zero-order chi connectivity index (χ0) is 18.2. The van der Waals surface area contributed by atoms with Crippen molar-refractivity contribution in [2.45, 2.75) is 32.8 Å². The average molecular weight is 342 g/mol. The van der Waals surface area contributed by atoms with E-state index in [0.717, 1.165) is 5.56 Å². The summed E-state index contributed by atoms with van der Waals surface area (Å²) in [6, 6.07) is 6.10. The molecule has 6 nitrogen and oxygen atoms in total. The fourth-order valence-corrected chi connectivity index (χ4v) is 2.71. The van der Waals surface area contributed by atoms with Crippen LogP contribution in [-0.2, 0) is 12.0 Å². The Hall–Kier alpha value is -2.80. The molecule has 3 rings (SSSR count). The van der Waals surface area contributed by atoms with E-state index >= 15 is 0 Å². The first-order valence-corrected chi connectivity index (χ1v) is 7.96. The van der Waals surface area contributed by atoms with Gasteiger partial charge in [-0.05, 0) is 31.9 Å². The molecule has 2 N–H and O–H groups in total. The second-order valence-electron chi connectivity index (χ2n) is 6.10. The summed E-state index contributed by atoms with van der Waals surface area (Å²) in [6.07, 6.45) is 3.69. The van der Waals surface area contributed by atoms with Gasteiger partial charge < -0.3 is 10.1 Å². The van der Waals surface area contributed by atoms with Crippen molar-refractivity contribution in [3.05, 3.63) is 75.3 Å². The molecule has 1 aromatic carbocycles. The number of nitrogens with one attached hydrogen (secondary N) is 1. The van der Waals surface area contributed by atoms with Crippen LogP contribution in [0.25, 0.3) is 5.82 Å². The first-order valence-electron chi connectivity index (χ1n) is 7.96. The molecule has 1 atom stereocenters. The minimum absolute atomic E-state index is 0.166. The minimum atomic E-state index is -1.56. The number of aromatic amines is 1. The van der Waals surface area contributed by atoms with Gasteiger partial charge in [-0.1, -0.05) is 19.1 Å². The number of hydrogen-bond acceptors (Lipinski definition) is 4. The van der Waals surface area contributed by atoms with Gasteiger partial charge in [-0.25, -0.2) is 14.1 Å². The quantitative estimate of drug-likeness (QED) is 0.761. The Balaban J connectivity index is 2.02. The molecule has 2 aromatic heterocycles. The number of rotatable bonds is 4. The normalized spacial score (nSPS) is 13.6. The molecule has 0 fully saturated rings. The Bertz CT molecular complexity index is 975. The minimum Gasteiger partial charge on any atom is -0.380 e. The molecule has 7 heteroatoms. The van der Waals surface area contributed by atoms with Crippen LogP contribution in [0.4, 0.5) is 4.39 Å². The predicted molar refractivity (Wildman–Crippen MR) is 91.2 cm³/mol. The Morgan fingerprint density at radius 3 is 2.76 bits per heavy atom. The van der Waals surface area contributed by atoms with Crippen LogP contribution < -0.4 is 5.56 Å². The van der Waals surface area contributed by atoms with E-state index in [1.54, 1.807) is 19.1 Å². The van der Waals surface area contributed by atoms with Crippen LogP contribution in [0.2, 0.25) is 0 Å². The monoisotopic (exact) mass is 342 g/mol. The molecule has 130 valence electrons. The summed E-state index contributed by atoms with van der Waals surface area (Å²) in [5.74, 6) is 0.305. The van der Waals surface area contributed by atoms with Crippen LogP contribution in [0.15, 0.2) is 41.5 Å². The van der Waals surface area contributed by atoms with Gasteiger partial charge in [-0.2, -0.15) is 5.10 Å². The van der Waals surface area contributed by atoms with Crippen molar-refractivity contribution in [3.8, 4) is 5.82 Å². The lowest BCUT2D eigenvalue weighted by Crippen LogP contribution is -2.24. The average Bonchev–Trinajstić information content (AvgIpc) is 3.04. The van der Waals surface area contributed by atoms with E-state index in [2.05, 4.69) is 15.1 Å². The highest BCUT2D eigenvalue weighted by Crippen LogP contribution is 2.31. The second kappa shape index (κ2) is 6.25. The van der Waals surface area contributed by atoms with Crippen LogP contribution in [0, 0.1) is 12.7 Å². The molecule has 0 bridgehead atoms. The van der Waals surface area contributed by atoms with Gasteiger partial charge in [0.25, 0.3) is 5.56 Å². The number of hydrogen-bond donors (Lipinski definition) is 2. The van der Waals surface area contributed by atoms with Gasteiger partial charge in [-0.15, -0.1) is 0 Å². The van der Waals surface area contributed by atoms with Crippen LogP contribution in [0.3, 0.4) is 0 Å². The van der Waals surface area contributed by atoms with E-state index < -0.39 is 11.4 Å². The van der Waals surface area contributed by atoms with Gasteiger partial charge in [-0.3, -0.25) is 4.79 Å². The third-order valence-corrected chi connectivity index (χ3v) is 4.19. The van der Waals surface area contributed by atoms with Crippen LogP contribution in [0.1, 0.15) is 36.4 Å². The number of benzene rings is 1. The Morgan fingerprint density at radius 2 is 2.12 bits per heavy atom. The summed E-state index contributed by atoms with van der Waals surface area (Å²) in [6.45, 7) is 5.11. The predicted octanol–water partition coefficient (Wildman–Crippen LogP) is 2.22. The SMILES string of the molecule is CCc1ccc([C@@](C)(O)c2cnn(-c3cc(=O)[nH]c(C)n3)c2)c(F)c1. The van der Waals surface area contributed by atoms with Gasteiger partial charge in [0.15, 0.2) is 5.82 Å². The molecule has 0 aliphatic rings. The van der Waals surface area contributed by atoms with Crippen molar-refractivity contribution < 1.29 is 9.50 Å². The van der Waals surface area contributed by atoms with E-state index in [1.165, 1.54) is 36.1 Å². The highest BCUT2D eigenvalue weighted by molar-refractivity contribution is 5.37. The van der Waals surface area contributed by atoms with Gasteiger partial charge in [0.1, 0.15) is 17.2 Å². The number of nitrogens with zero attached hydrogens (tertiary/aromatic N) is 3. The first kappa shape index (κ1) is 17.0. The molecule has 0 unspecified atom stereocenters. The third-order valence-electron chi connectivity index (χ3n) is 4.19. The maximum atomic E-state index is 14.4. The number of aromatic nitrogens is 4. The zero-order valence-corrected chi connectivity index (χ0v) is 14.2. The largest absolute Gasteiger partial charge is 0.380 e. The standard InChI is InChI=1S/C18H19FN4O2/c1-4-12-5-6-14(15(19)7-12)18(3,25)13-9-20-23(10-13)16-8-17(24)22-11(2)21-16/h5-10,25H,4H2,1-3H3,(H,21,22,24)/t18-/m0/s1. The fourth-order valence-electron chi connectivity index (χ4n) is 2.71. The molecule has 0 radical (unpaired) electrons. The third kappa shape index (κ3) is 3.23. The number of aryl methyl sites for hydroxylation is 2. The van der Waals surface area contributed by atoms with E-state index in [9.17, 15) is 14.3 Å². The van der Waals surface area contributed by atoms with Crippen molar-refractivity contribution >= 4 is 0 Å². The van der Waals surface area contributed by atoms with Gasteiger partial charge >= 0.3 is 0 Å². The summed E-state index contributed by atoms with van der Waals surface area (Å²) >= 11 is 0. The van der Waals surface area contributed by atoms with Crippen LogP contribution in [-0.4, -0.2) is 24.9 Å². The summed E-state index contributed by atoms with van der Waals surface area (Å²) in [5, 5.41) is 15.0. The first-order chi connectivity index (χ1) is 11.8.